The molecule has 0 aliphatic carbocycles. The minimum Gasteiger partial charge on any atom is -0.375 e. The van der Waals surface area contributed by atoms with Crippen LogP contribution in [0.4, 0.5) is 0 Å². The molecular formula is C10H12IN3OS. The van der Waals surface area contributed by atoms with Crippen molar-refractivity contribution in [1.29, 1.82) is 0 Å². The first kappa shape index (κ1) is 12.0. The van der Waals surface area contributed by atoms with E-state index in [2.05, 4.69) is 38.1 Å². The fraction of sp³-hybridized carbons (Fsp3) is 0.400. The van der Waals surface area contributed by atoms with E-state index in [9.17, 15) is 0 Å². The molecule has 0 saturated carbocycles. The van der Waals surface area contributed by atoms with Gasteiger partial charge in [-0.25, -0.2) is 4.98 Å². The third kappa shape index (κ3) is 2.80. The highest BCUT2D eigenvalue weighted by atomic mass is 127. The number of thiazole rings is 1. The average Bonchev–Trinajstić information content (AvgIpc) is 2.87. The number of ether oxygens (including phenoxy) is 1. The van der Waals surface area contributed by atoms with Gasteiger partial charge in [-0.1, -0.05) is 0 Å². The van der Waals surface area contributed by atoms with E-state index in [-0.39, 0.29) is 6.10 Å². The molecule has 6 heteroatoms. The van der Waals surface area contributed by atoms with Crippen molar-refractivity contribution in [3.8, 4) is 0 Å². The van der Waals surface area contributed by atoms with Crippen molar-refractivity contribution in [2.75, 3.05) is 7.11 Å². The summed E-state index contributed by atoms with van der Waals surface area (Å²) >= 11 is 3.87. The summed E-state index contributed by atoms with van der Waals surface area (Å²) in [5.74, 6) is 0. The van der Waals surface area contributed by atoms with Gasteiger partial charge in [-0.2, -0.15) is 5.10 Å². The summed E-state index contributed by atoms with van der Waals surface area (Å²) in [5.41, 5.74) is 1.03. The SMILES string of the molecule is CO[C@@H](C)c1nc(Cn2cc(I)cn2)cs1. The first-order valence-electron chi connectivity index (χ1n) is 4.84. The lowest BCUT2D eigenvalue weighted by atomic mass is 10.4. The number of hydrogen-bond donors (Lipinski definition) is 0. The summed E-state index contributed by atoms with van der Waals surface area (Å²) in [7, 11) is 1.70. The molecule has 0 bridgehead atoms. The maximum absolute atomic E-state index is 5.23. The summed E-state index contributed by atoms with van der Waals surface area (Å²) in [6.07, 6.45) is 3.90. The molecule has 0 fully saturated rings. The number of nitrogens with zero attached hydrogens (tertiary/aromatic N) is 3. The molecule has 2 heterocycles. The molecule has 0 aliphatic heterocycles. The summed E-state index contributed by atoms with van der Waals surface area (Å²) in [5, 5.41) is 7.30. The fourth-order valence-corrected chi connectivity index (χ4v) is 2.56. The Balaban J connectivity index is 2.08. The Morgan fingerprint density at radius 1 is 1.62 bits per heavy atom. The van der Waals surface area contributed by atoms with Gasteiger partial charge in [0.25, 0.3) is 0 Å². The van der Waals surface area contributed by atoms with Crippen LogP contribution in [0.2, 0.25) is 0 Å². The molecule has 0 radical (unpaired) electrons. The molecule has 1 atom stereocenters. The van der Waals surface area contributed by atoms with E-state index in [1.165, 1.54) is 0 Å². The first-order valence-corrected chi connectivity index (χ1v) is 6.80. The predicted octanol–water partition coefficient (Wildman–Crippen LogP) is 2.70. The smallest absolute Gasteiger partial charge is 0.122 e. The van der Waals surface area contributed by atoms with Gasteiger partial charge in [0.1, 0.15) is 11.1 Å². The normalized spacial score (nSPS) is 12.9. The Morgan fingerprint density at radius 3 is 3.06 bits per heavy atom. The number of halogens is 1. The number of aromatic nitrogens is 3. The Morgan fingerprint density at radius 2 is 2.44 bits per heavy atom. The standard InChI is InChI=1S/C10H12IN3OS/c1-7(15-2)10-13-9(6-16-10)5-14-4-8(11)3-12-14/h3-4,6-7H,5H2,1-2H3/t7-/m0/s1. The molecule has 0 amide bonds. The van der Waals surface area contributed by atoms with E-state index in [1.807, 2.05) is 24.0 Å². The van der Waals surface area contributed by atoms with Crippen LogP contribution in [0.15, 0.2) is 17.8 Å². The van der Waals surface area contributed by atoms with Crippen LogP contribution < -0.4 is 0 Å². The summed E-state index contributed by atoms with van der Waals surface area (Å²) in [6.45, 7) is 2.72. The quantitative estimate of drug-likeness (QED) is 0.797. The molecule has 0 aromatic carbocycles. The topological polar surface area (TPSA) is 39.9 Å². The van der Waals surface area contributed by atoms with Crippen LogP contribution in [0.25, 0.3) is 0 Å². The lowest BCUT2D eigenvalue weighted by Crippen LogP contribution is -2.01. The van der Waals surface area contributed by atoms with E-state index >= 15 is 0 Å². The number of hydrogen-bond acceptors (Lipinski definition) is 4. The lowest BCUT2D eigenvalue weighted by Gasteiger charge is -2.03. The van der Waals surface area contributed by atoms with Crippen molar-refractivity contribution < 1.29 is 4.74 Å². The Labute approximate surface area is 112 Å². The van der Waals surface area contributed by atoms with Crippen molar-refractivity contribution in [3.05, 3.63) is 32.0 Å². The maximum Gasteiger partial charge on any atom is 0.122 e. The van der Waals surface area contributed by atoms with Crippen molar-refractivity contribution in [2.24, 2.45) is 0 Å². The predicted molar refractivity (Wildman–Crippen MR) is 71.6 cm³/mol. The van der Waals surface area contributed by atoms with Crippen LogP contribution in [0.5, 0.6) is 0 Å². The van der Waals surface area contributed by atoms with Crippen LogP contribution in [0, 0.1) is 3.57 Å². The zero-order valence-electron chi connectivity index (χ0n) is 9.05. The maximum atomic E-state index is 5.23. The van der Waals surface area contributed by atoms with Crippen LogP contribution in [0.1, 0.15) is 23.7 Å². The van der Waals surface area contributed by atoms with Crippen LogP contribution in [0.3, 0.4) is 0 Å². The van der Waals surface area contributed by atoms with Crippen LogP contribution in [-0.2, 0) is 11.3 Å². The van der Waals surface area contributed by atoms with Gasteiger partial charge in [-0.3, -0.25) is 4.68 Å². The van der Waals surface area contributed by atoms with E-state index < -0.39 is 0 Å². The van der Waals surface area contributed by atoms with E-state index in [1.54, 1.807) is 18.4 Å². The fourth-order valence-electron chi connectivity index (χ4n) is 1.27. The first-order chi connectivity index (χ1) is 7.69. The molecule has 2 rings (SSSR count). The minimum absolute atomic E-state index is 0.0662. The molecule has 0 N–H and O–H groups in total. The second-order valence-corrected chi connectivity index (χ2v) is 5.55. The highest BCUT2D eigenvalue weighted by molar-refractivity contribution is 14.1. The Bertz CT molecular complexity index is 468. The van der Waals surface area contributed by atoms with E-state index in [4.69, 9.17) is 4.74 Å². The molecule has 0 saturated heterocycles. The average molecular weight is 349 g/mol. The van der Waals surface area contributed by atoms with Crippen molar-refractivity contribution >= 4 is 33.9 Å². The number of methoxy groups -OCH3 is 1. The van der Waals surface area contributed by atoms with E-state index in [0.717, 1.165) is 20.8 Å². The van der Waals surface area contributed by atoms with Gasteiger partial charge in [-0.05, 0) is 29.5 Å². The summed E-state index contributed by atoms with van der Waals surface area (Å²) in [4.78, 5) is 4.52. The summed E-state index contributed by atoms with van der Waals surface area (Å²) in [6, 6.07) is 0. The lowest BCUT2D eigenvalue weighted by molar-refractivity contribution is 0.119. The largest absolute Gasteiger partial charge is 0.375 e. The highest BCUT2D eigenvalue weighted by Gasteiger charge is 2.09. The molecular weight excluding hydrogens is 337 g/mol. The van der Waals surface area contributed by atoms with Gasteiger partial charge in [0.15, 0.2) is 0 Å². The van der Waals surface area contributed by atoms with Gasteiger partial charge in [0, 0.05) is 18.7 Å². The zero-order chi connectivity index (χ0) is 11.5. The second kappa shape index (κ2) is 5.24. The van der Waals surface area contributed by atoms with Crippen LogP contribution >= 0.6 is 33.9 Å². The van der Waals surface area contributed by atoms with Gasteiger partial charge in [0.2, 0.25) is 0 Å². The second-order valence-electron chi connectivity index (χ2n) is 3.41. The van der Waals surface area contributed by atoms with Gasteiger partial charge < -0.3 is 4.74 Å². The molecule has 0 aliphatic rings. The van der Waals surface area contributed by atoms with E-state index in [0.29, 0.717) is 0 Å². The van der Waals surface area contributed by atoms with Crippen molar-refractivity contribution in [2.45, 2.75) is 19.6 Å². The molecule has 16 heavy (non-hydrogen) atoms. The minimum atomic E-state index is 0.0662. The van der Waals surface area contributed by atoms with Crippen molar-refractivity contribution in [3.63, 3.8) is 0 Å². The van der Waals surface area contributed by atoms with Crippen LogP contribution in [-0.4, -0.2) is 21.9 Å². The summed E-state index contributed by atoms with van der Waals surface area (Å²) < 4.78 is 8.25. The molecule has 4 nitrogen and oxygen atoms in total. The number of rotatable bonds is 4. The van der Waals surface area contributed by atoms with Gasteiger partial charge in [0.05, 0.1) is 22.0 Å². The molecule has 0 unspecified atom stereocenters. The Kier molecular flexibility index (Phi) is 3.93. The van der Waals surface area contributed by atoms with Gasteiger partial charge >= 0.3 is 0 Å². The monoisotopic (exact) mass is 349 g/mol. The Hall–Kier alpha value is -0.470. The molecule has 2 aromatic rings. The third-order valence-electron chi connectivity index (χ3n) is 2.20. The highest BCUT2D eigenvalue weighted by Crippen LogP contribution is 2.20. The zero-order valence-corrected chi connectivity index (χ0v) is 12.0. The third-order valence-corrected chi connectivity index (χ3v) is 3.81. The van der Waals surface area contributed by atoms with Crippen molar-refractivity contribution in [1.82, 2.24) is 14.8 Å². The van der Waals surface area contributed by atoms with Gasteiger partial charge in [-0.15, -0.1) is 11.3 Å². The molecule has 2 aromatic heterocycles. The molecule has 0 spiro atoms. The molecule has 86 valence electrons.